The molecule has 1 aromatic rings. The third-order valence-corrected chi connectivity index (χ3v) is 2.76. The van der Waals surface area contributed by atoms with Crippen molar-refractivity contribution in [1.82, 2.24) is 0 Å². The molecular weight excluding hydrogens is 186 g/mol. The predicted octanol–water partition coefficient (Wildman–Crippen LogP) is 2.38. The Morgan fingerprint density at radius 1 is 1.27 bits per heavy atom. The normalized spacial score (nSPS) is 12.7. The first-order valence-corrected chi connectivity index (χ1v) is 5.44. The van der Waals surface area contributed by atoms with Gasteiger partial charge in [0.25, 0.3) is 0 Å². The van der Waals surface area contributed by atoms with Gasteiger partial charge in [-0.1, -0.05) is 44.2 Å². The lowest BCUT2D eigenvalue weighted by molar-refractivity contribution is -0.123. The minimum Gasteiger partial charge on any atom is -0.369 e. The number of nitrogens with two attached hydrogens (primary N) is 1. The number of carbonyl (C=O) groups is 1. The standard InChI is InChI=1S/C13H19NO/c1-10(2)12(13(14)15)9-8-11-6-4-3-5-7-11/h3-7,10,12H,8-9H2,1-2H3,(H2,14,15). The number of benzene rings is 1. The molecule has 0 aliphatic heterocycles. The monoisotopic (exact) mass is 205 g/mol. The molecule has 1 aromatic carbocycles. The third-order valence-electron chi connectivity index (χ3n) is 2.76. The first-order chi connectivity index (χ1) is 7.11. The number of aryl methyl sites for hydroxylation is 1. The molecule has 1 rings (SSSR count). The van der Waals surface area contributed by atoms with Crippen LogP contribution in [-0.4, -0.2) is 5.91 Å². The van der Waals surface area contributed by atoms with E-state index in [1.165, 1.54) is 5.56 Å². The van der Waals surface area contributed by atoms with Crippen LogP contribution in [0.1, 0.15) is 25.8 Å². The van der Waals surface area contributed by atoms with Crippen molar-refractivity contribution in [3.8, 4) is 0 Å². The quantitative estimate of drug-likeness (QED) is 0.788. The average Bonchev–Trinajstić information content (AvgIpc) is 2.18. The van der Waals surface area contributed by atoms with Gasteiger partial charge >= 0.3 is 0 Å². The fourth-order valence-electron chi connectivity index (χ4n) is 1.77. The molecule has 0 aliphatic carbocycles. The molecule has 1 unspecified atom stereocenters. The second-order valence-electron chi connectivity index (χ2n) is 4.28. The maximum atomic E-state index is 11.2. The molecule has 0 saturated heterocycles. The van der Waals surface area contributed by atoms with Crippen LogP contribution >= 0.6 is 0 Å². The fourth-order valence-corrected chi connectivity index (χ4v) is 1.77. The largest absolute Gasteiger partial charge is 0.369 e. The van der Waals surface area contributed by atoms with Gasteiger partial charge in [-0.2, -0.15) is 0 Å². The zero-order valence-corrected chi connectivity index (χ0v) is 9.44. The molecule has 0 saturated carbocycles. The molecule has 0 heterocycles. The van der Waals surface area contributed by atoms with Gasteiger partial charge in [0, 0.05) is 5.92 Å². The van der Waals surface area contributed by atoms with Crippen LogP contribution in [0.3, 0.4) is 0 Å². The van der Waals surface area contributed by atoms with Crippen molar-refractivity contribution >= 4 is 5.91 Å². The summed E-state index contributed by atoms with van der Waals surface area (Å²) in [6.07, 6.45) is 1.77. The minimum absolute atomic E-state index is 0.00907. The van der Waals surface area contributed by atoms with E-state index in [-0.39, 0.29) is 11.8 Å². The number of carbonyl (C=O) groups excluding carboxylic acids is 1. The zero-order chi connectivity index (χ0) is 11.3. The number of hydrogen-bond acceptors (Lipinski definition) is 1. The van der Waals surface area contributed by atoms with Gasteiger partial charge in [-0.15, -0.1) is 0 Å². The number of amides is 1. The molecule has 0 aliphatic rings. The highest BCUT2D eigenvalue weighted by atomic mass is 16.1. The smallest absolute Gasteiger partial charge is 0.220 e. The van der Waals surface area contributed by atoms with Gasteiger partial charge in [-0.25, -0.2) is 0 Å². The van der Waals surface area contributed by atoms with Gasteiger partial charge in [0.15, 0.2) is 0 Å². The molecule has 2 N–H and O–H groups in total. The van der Waals surface area contributed by atoms with E-state index in [0.717, 1.165) is 12.8 Å². The third kappa shape index (κ3) is 3.74. The van der Waals surface area contributed by atoms with Gasteiger partial charge in [0.1, 0.15) is 0 Å². The molecule has 1 atom stereocenters. The van der Waals surface area contributed by atoms with E-state index in [4.69, 9.17) is 5.73 Å². The van der Waals surface area contributed by atoms with Crippen LogP contribution in [0.2, 0.25) is 0 Å². The van der Waals surface area contributed by atoms with Gasteiger partial charge < -0.3 is 5.73 Å². The Morgan fingerprint density at radius 2 is 1.87 bits per heavy atom. The molecule has 15 heavy (non-hydrogen) atoms. The summed E-state index contributed by atoms with van der Waals surface area (Å²) in [6.45, 7) is 4.08. The Labute approximate surface area is 91.5 Å². The summed E-state index contributed by atoms with van der Waals surface area (Å²) < 4.78 is 0. The Balaban J connectivity index is 2.51. The van der Waals surface area contributed by atoms with E-state index >= 15 is 0 Å². The van der Waals surface area contributed by atoms with Gasteiger partial charge in [-0.05, 0) is 24.3 Å². The van der Waals surface area contributed by atoms with E-state index in [1.54, 1.807) is 0 Å². The van der Waals surface area contributed by atoms with Crippen molar-refractivity contribution in [2.75, 3.05) is 0 Å². The highest BCUT2D eigenvalue weighted by Gasteiger charge is 2.18. The van der Waals surface area contributed by atoms with Crippen molar-refractivity contribution in [3.05, 3.63) is 35.9 Å². The van der Waals surface area contributed by atoms with Crippen LogP contribution in [0.4, 0.5) is 0 Å². The highest BCUT2D eigenvalue weighted by molar-refractivity contribution is 5.76. The zero-order valence-electron chi connectivity index (χ0n) is 9.44. The molecule has 82 valence electrons. The molecule has 0 fully saturated rings. The lowest BCUT2D eigenvalue weighted by atomic mass is 9.89. The average molecular weight is 205 g/mol. The second-order valence-corrected chi connectivity index (χ2v) is 4.28. The molecule has 2 nitrogen and oxygen atoms in total. The Bertz CT molecular complexity index is 306. The van der Waals surface area contributed by atoms with E-state index in [0.29, 0.717) is 5.92 Å². The Morgan fingerprint density at radius 3 is 2.33 bits per heavy atom. The Hall–Kier alpha value is -1.31. The fraction of sp³-hybridized carbons (Fsp3) is 0.462. The molecule has 1 amide bonds. The molecule has 0 bridgehead atoms. The van der Waals surface area contributed by atoms with Crippen LogP contribution in [0, 0.1) is 11.8 Å². The lowest BCUT2D eigenvalue weighted by Crippen LogP contribution is -2.27. The van der Waals surface area contributed by atoms with E-state index in [2.05, 4.69) is 12.1 Å². The summed E-state index contributed by atoms with van der Waals surface area (Å²) in [7, 11) is 0. The van der Waals surface area contributed by atoms with Gasteiger partial charge in [-0.3, -0.25) is 4.79 Å². The summed E-state index contributed by atoms with van der Waals surface area (Å²) in [5.41, 5.74) is 6.63. The SMILES string of the molecule is CC(C)C(CCc1ccccc1)C(N)=O. The van der Waals surface area contributed by atoms with Crippen molar-refractivity contribution in [3.63, 3.8) is 0 Å². The summed E-state index contributed by atoms with van der Waals surface area (Å²) in [4.78, 5) is 11.2. The summed E-state index contributed by atoms with van der Waals surface area (Å²) in [5, 5.41) is 0. The van der Waals surface area contributed by atoms with Crippen LogP contribution < -0.4 is 5.73 Å². The second kappa shape index (κ2) is 5.54. The first-order valence-electron chi connectivity index (χ1n) is 5.44. The maximum absolute atomic E-state index is 11.2. The molecule has 0 aromatic heterocycles. The van der Waals surface area contributed by atoms with Crippen LogP contribution in [0.5, 0.6) is 0 Å². The Kier molecular flexibility index (Phi) is 4.35. The van der Waals surface area contributed by atoms with Crippen LogP contribution in [0.15, 0.2) is 30.3 Å². The van der Waals surface area contributed by atoms with Crippen LogP contribution in [0.25, 0.3) is 0 Å². The molecule has 0 radical (unpaired) electrons. The van der Waals surface area contributed by atoms with E-state index in [1.807, 2.05) is 32.0 Å². The number of hydrogen-bond donors (Lipinski definition) is 1. The summed E-state index contributed by atoms with van der Waals surface area (Å²) in [5.74, 6) is 0.136. The van der Waals surface area contributed by atoms with E-state index in [9.17, 15) is 4.79 Å². The maximum Gasteiger partial charge on any atom is 0.220 e. The van der Waals surface area contributed by atoms with Crippen molar-refractivity contribution < 1.29 is 4.79 Å². The molecular formula is C13H19NO. The lowest BCUT2D eigenvalue weighted by Gasteiger charge is -2.16. The molecule has 0 spiro atoms. The highest BCUT2D eigenvalue weighted by Crippen LogP contribution is 2.17. The number of primary amides is 1. The van der Waals surface area contributed by atoms with Crippen molar-refractivity contribution in [2.45, 2.75) is 26.7 Å². The number of rotatable bonds is 5. The van der Waals surface area contributed by atoms with Crippen molar-refractivity contribution in [1.29, 1.82) is 0 Å². The predicted molar refractivity (Wildman–Crippen MR) is 62.3 cm³/mol. The van der Waals surface area contributed by atoms with Gasteiger partial charge in [0.05, 0.1) is 0 Å². The summed E-state index contributed by atoms with van der Waals surface area (Å²) in [6, 6.07) is 10.2. The topological polar surface area (TPSA) is 43.1 Å². The van der Waals surface area contributed by atoms with Gasteiger partial charge in [0.2, 0.25) is 5.91 Å². The van der Waals surface area contributed by atoms with Crippen LogP contribution in [-0.2, 0) is 11.2 Å². The molecule has 2 heteroatoms. The van der Waals surface area contributed by atoms with E-state index < -0.39 is 0 Å². The summed E-state index contributed by atoms with van der Waals surface area (Å²) >= 11 is 0. The first kappa shape index (κ1) is 11.8. The minimum atomic E-state index is -0.180. The van der Waals surface area contributed by atoms with Crippen molar-refractivity contribution in [2.24, 2.45) is 17.6 Å².